The summed E-state index contributed by atoms with van der Waals surface area (Å²) in [4.78, 5) is 22.4. The van der Waals surface area contributed by atoms with Crippen LogP contribution in [0.2, 0.25) is 0 Å². The van der Waals surface area contributed by atoms with Gasteiger partial charge in [-0.3, -0.25) is 14.5 Å². The van der Waals surface area contributed by atoms with Crippen molar-refractivity contribution in [3.63, 3.8) is 0 Å². The van der Waals surface area contributed by atoms with Gasteiger partial charge in [-0.15, -0.1) is 4.31 Å². The Labute approximate surface area is 230 Å². The molecule has 1 aliphatic heterocycles. The van der Waals surface area contributed by atoms with Gasteiger partial charge in [0.15, 0.2) is 5.78 Å². The van der Waals surface area contributed by atoms with E-state index in [-0.39, 0.29) is 37.4 Å². The van der Waals surface area contributed by atoms with Gasteiger partial charge >= 0.3 is 6.18 Å². The van der Waals surface area contributed by atoms with Crippen LogP contribution in [-0.2, 0) is 24.6 Å². The number of alkyl halides is 3. The molecule has 1 aromatic carbocycles. The minimum absolute atomic E-state index is 0.0532. The number of hydrogen-bond acceptors (Lipinski definition) is 7. The molecule has 208 valence electrons. The third-order valence-corrected chi connectivity index (χ3v) is 8.38. The fourth-order valence-electron chi connectivity index (χ4n) is 5.03. The van der Waals surface area contributed by atoms with Crippen molar-refractivity contribution in [2.75, 3.05) is 13.1 Å². The zero-order chi connectivity index (χ0) is 28.7. The van der Waals surface area contributed by atoms with Crippen molar-refractivity contribution < 1.29 is 26.9 Å². The number of piperidine rings is 1. The Bertz CT molecular complexity index is 1520. The van der Waals surface area contributed by atoms with Crippen LogP contribution < -0.4 is 5.73 Å². The van der Waals surface area contributed by atoms with E-state index in [0.717, 1.165) is 10.9 Å². The van der Waals surface area contributed by atoms with Crippen LogP contribution in [0.3, 0.4) is 0 Å². The van der Waals surface area contributed by atoms with E-state index < -0.39 is 39.4 Å². The molecule has 40 heavy (non-hydrogen) atoms. The summed E-state index contributed by atoms with van der Waals surface area (Å²) >= 11 is -2.26. The zero-order valence-electron chi connectivity index (χ0n) is 21.2. The minimum Gasteiger partial charge on any atom is -0.593 e. The topological polar surface area (TPSA) is 112 Å². The van der Waals surface area contributed by atoms with Crippen molar-refractivity contribution in [1.82, 2.24) is 19.1 Å². The predicted octanol–water partition coefficient (Wildman–Crippen LogP) is 4.52. The van der Waals surface area contributed by atoms with Crippen molar-refractivity contribution in [3.05, 3.63) is 95.5 Å². The van der Waals surface area contributed by atoms with Gasteiger partial charge in [-0.2, -0.15) is 18.3 Å². The highest BCUT2D eigenvalue weighted by molar-refractivity contribution is 7.89. The molecule has 1 fully saturated rings. The second kappa shape index (κ2) is 10.6. The number of Topliss-reactive ketones (excluding diaryl/α,β-unsaturated/α-hetero) is 1. The molecular formula is C27H24F4N6O2S. The molecule has 2 aliphatic rings. The van der Waals surface area contributed by atoms with Crippen LogP contribution in [0.5, 0.6) is 0 Å². The van der Waals surface area contributed by atoms with Crippen LogP contribution in [0.25, 0.3) is 0 Å². The number of nitrogens with two attached hydrogens (primary N) is 1. The smallest absolute Gasteiger partial charge is 0.440 e. The first-order chi connectivity index (χ1) is 19.0. The van der Waals surface area contributed by atoms with Crippen LogP contribution in [0.15, 0.2) is 88.2 Å². The molecular weight excluding hydrogens is 548 g/mol. The molecule has 2 aromatic heterocycles. The molecule has 0 saturated carbocycles. The van der Waals surface area contributed by atoms with Gasteiger partial charge < -0.3 is 10.3 Å². The Hall–Kier alpha value is -3.81. The standard InChI is InChI=1S/C27H24F4N6O2S/c1-36-15-23(24(35-36)27(29,30)31)40(39)37-11-9-18-12-22(34-20-7-5-19(28)6-8-20)17(14-32)13-26(18,16-37)25(38)21-4-2-3-10-33-21/h2-8,10,12,14-15H,9,11,13,16,32H2,1H3. The van der Waals surface area contributed by atoms with Crippen LogP contribution in [-0.4, -0.2) is 48.2 Å². The number of aromatic nitrogens is 3. The Balaban J connectivity index is 1.58. The van der Waals surface area contributed by atoms with Crippen LogP contribution >= 0.6 is 0 Å². The van der Waals surface area contributed by atoms with Crippen LogP contribution in [0.4, 0.5) is 23.2 Å². The maximum absolute atomic E-state index is 14.1. The molecule has 1 saturated heterocycles. The molecule has 13 heteroatoms. The molecule has 1 aliphatic carbocycles. The monoisotopic (exact) mass is 572 g/mol. The van der Waals surface area contributed by atoms with Gasteiger partial charge in [0.25, 0.3) is 0 Å². The zero-order valence-corrected chi connectivity index (χ0v) is 22.0. The molecule has 0 bridgehead atoms. The first-order valence-electron chi connectivity index (χ1n) is 12.2. The average molecular weight is 573 g/mol. The van der Waals surface area contributed by atoms with E-state index >= 15 is 0 Å². The highest BCUT2D eigenvalue weighted by atomic mass is 32.2. The molecule has 0 spiro atoms. The van der Waals surface area contributed by atoms with E-state index in [1.807, 2.05) is 0 Å². The number of carbonyl (C=O) groups is 1. The van der Waals surface area contributed by atoms with Crippen molar-refractivity contribution in [1.29, 1.82) is 0 Å². The number of benzene rings is 1. The van der Waals surface area contributed by atoms with Crippen molar-refractivity contribution >= 4 is 28.5 Å². The summed E-state index contributed by atoms with van der Waals surface area (Å²) in [7, 11) is 1.32. The lowest BCUT2D eigenvalue weighted by molar-refractivity contribution is -0.143. The summed E-state index contributed by atoms with van der Waals surface area (Å²) < 4.78 is 70.3. The molecule has 2 atom stereocenters. The summed E-state index contributed by atoms with van der Waals surface area (Å²) in [6.07, 6.45) is 1.09. The SMILES string of the molecule is Cn1cc([S+]([O-])N2CCC3=CC(=Nc4ccc(F)cc4)C(=CN)CC3(C(=O)c3ccccn3)C2)c(C(F)(F)F)n1. The number of aryl methyl sites for hydroxylation is 1. The second-order valence-corrected chi connectivity index (χ2v) is 11.0. The van der Waals surface area contributed by atoms with Crippen molar-refractivity contribution in [2.45, 2.75) is 23.9 Å². The van der Waals surface area contributed by atoms with E-state index in [0.29, 0.717) is 22.5 Å². The lowest BCUT2D eigenvalue weighted by Crippen LogP contribution is -2.53. The Morgan fingerprint density at radius 1 is 1.23 bits per heavy atom. The number of carbonyl (C=O) groups excluding carboxylic acids is 1. The maximum Gasteiger partial charge on any atom is 0.440 e. The molecule has 3 aromatic rings. The van der Waals surface area contributed by atoms with Gasteiger partial charge in [-0.1, -0.05) is 11.6 Å². The summed E-state index contributed by atoms with van der Waals surface area (Å²) in [5, 5.41) is 3.48. The quantitative estimate of drug-likeness (QED) is 0.274. The lowest BCUT2D eigenvalue weighted by Gasteiger charge is -2.45. The molecule has 2 unspecified atom stereocenters. The van der Waals surface area contributed by atoms with Gasteiger partial charge in [0.1, 0.15) is 11.5 Å². The predicted molar refractivity (Wildman–Crippen MR) is 140 cm³/mol. The summed E-state index contributed by atoms with van der Waals surface area (Å²) in [6, 6.07) is 10.4. The first kappa shape index (κ1) is 27.7. The average Bonchev–Trinajstić information content (AvgIpc) is 3.35. The summed E-state index contributed by atoms with van der Waals surface area (Å²) in [6.45, 7) is -0.0262. The number of allylic oxidation sites excluding steroid dienone is 2. The molecule has 8 nitrogen and oxygen atoms in total. The fourth-order valence-corrected chi connectivity index (χ4v) is 6.47. The Morgan fingerprint density at radius 3 is 2.62 bits per heavy atom. The third-order valence-electron chi connectivity index (χ3n) is 6.92. The molecule has 0 amide bonds. The number of ketones is 1. The highest BCUT2D eigenvalue weighted by Crippen LogP contribution is 2.48. The van der Waals surface area contributed by atoms with Crippen LogP contribution in [0.1, 0.15) is 29.0 Å². The normalized spacial score (nSPS) is 22.7. The van der Waals surface area contributed by atoms with E-state index in [4.69, 9.17) is 5.73 Å². The van der Waals surface area contributed by atoms with E-state index in [1.54, 1.807) is 24.3 Å². The van der Waals surface area contributed by atoms with E-state index in [2.05, 4.69) is 15.1 Å². The second-order valence-electron chi connectivity index (χ2n) is 9.51. The van der Waals surface area contributed by atoms with Crippen LogP contribution in [0, 0.1) is 11.2 Å². The molecule has 2 N–H and O–H groups in total. The van der Waals surface area contributed by atoms with Gasteiger partial charge in [-0.25, -0.2) is 9.38 Å². The molecule has 0 radical (unpaired) electrons. The van der Waals surface area contributed by atoms with Gasteiger partial charge in [-0.05, 0) is 67.1 Å². The van der Waals surface area contributed by atoms with Gasteiger partial charge in [0.05, 0.1) is 40.9 Å². The summed E-state index contributed by atoms with van der Waals surface area (Å²) in [5.74, 6) is -0.786. The first-order valence-corrected chi connectivity index (χ1v) is 13.3. The largest absolute Gasteiger partial charge is 0.593 e. The number of pyridine rings is 1. The maximum atomic E-state index is 14.1. The number of rotatable bonds is 5. The Morgan fingerprint density at radius 2 is 1.98 bits per heavy atom. The van der Waals surface area contributed by atoms with Crippen molar-refractivity contribution in [3.8, 4) is 0 Å². The van der Waals surface area contributed by atoms with Crippen molar-refractivity contribution in [2.24, 2.45) is 23.2 Å². The van der Waals surface area contributed by atoms with Gasteiger partial charge in [0.2, 0.25) is 10.6 Å². The minimum atomic E-state index is -4.80. The number of hydrogen-bond donors (Lipinski definition) is 1. The van der Waals surface area contributed by atoms with Gasteiger partial charge in [0, 0.05) is 19.8 Å². The highest BCUT2D eigenvalue weighted by Gasteiger charge is 2.53. The number of nitrogens with zero attached hydrogens (tertiary/aromatic N) is 5. The number of aliphatic imine (C=N–C) groups is 1. The molecule has 5 rings (SSSR count). The summed E-state index contributed by atoms with van der Waals surface area (Å²) in [5.41, 5.74) is 5.73. The van der Waals surface area contributed by atoms with E-state index in [9.17, 15) is 26.9 Å². The Kier molecular flexibility index (Phi) is 7.38. The fraction of sp³-hybridized carbons (Fsp3) is 0.259. The van der Waals surface area contributed by atoms with E-state index in [1.165, 1.54) is 48.0 Å². The third kappa shape index (κ3) is 5.19. The number of fused-ring (bicyclic) bond motifs is 1. The lowest BCUT2D eigenvalue weighted by atomic mass is 9.64. The molecule has 3 heterocycles. The number of halogens is 4.